The van der Waals surface area contributed by atoms with Gasteiger partial charge in [0.05, 0.1) is 7.11 Å². The molecule has 0 saturated carbocycles. The summed E-state index contributed by atoms with van der Waals surface area (Å²) < 4.78 is 5.16. The Kier molecular flexibility index (Phi) is 4.51. The first-order chi connectivity index (χ1) is 11.6. The highest BCUT2D eigenvalue weighted by atomic mass is 16.5. The van der Waals surface area contributed by atoms with Gasteiger partial charge in [-0.1, -0.05) is 24.3 Å². The average Bonchev–Trinajstić information content (AvgIpc) is 3.02. The molecule has 0 aromatic heterocycles. The van der Waals surface area contributed by atoms with Crippen LogP contribution < -0.4 is 9.64 Å². The maximum Gasteiger partial charge on any atom is 0.254 e. The molecule has 24 heavy (non-hydrogen) atoms. The molecule has 0 aliphatic carbocycles. The predicted octanol–water partition coefficient (Wildman–Crippen LogP) is 2.57. The van der Waals surface area contributed by atoms with Crippen molar-refractivity contribution in [2.24, 2.45) is 0 Å². The van der Waals surface area contributed by atoms with Gasteiger partial charge < -0.3 is 14.5 Å². The minimum Gasteiger partial charge on any atom is -0.497 e. The van der Waals surface area contributed by atoms with Crippen LogP contribution in [0.1, 0.15) is 16.8 Å². The monoisotopic (exact) mass is 324 g/mol. The van der Waals surface area contributed by atoms with Gasteiger partial charge in [0.1, 0.15) is 11.8 Å². The van der Waals surface area contributed by atoms with Gasteiger partial charge in [0, 0.05) is 24.8 Å². The summed E-state index contributed by atoms with van der Waals surface area (Å²) in [7, 11) is 3.24. The van der Waals surface area contributed by atoms with Crippen LogP contribution >= 0.6 is 0 Å². The molecule has 1 aliphatic rings. The van der Waals surface area contributed by atoms with E-state index in [-0.39, 0.29) is 11.8 Å². The maximum atomic E-state index is 12.7. The Balaban J connectivity index is 1.76. The van der Waals surface area contributed by atoms with Crippen molar-refractivity contribution in [3.63, 3.8) is 0 Å². The second kappa shape index (κ2) is 6.74. The summed E-state index contributed by atoms with van der Waals surface area (Å²) in [5.74, 6) is 0.403. The van der Waals surface area contributed by atoms with Crippen LogP contribution in [-0.4, -0.2) is 43.5 Å². The molecular formula is C19H20N2O3. The summed E-state index contributed by atoms with van der Waals surface area (Å²) in [6.45, 7) is 0.614. The number of rotatable bonds is 4. The van der Waals surface area contributed by atoms with Gasteiger partial charge in [-0.2, -0.15) is 0 Å². The third kappa shape index (κ3) is 2.97. The zero-order valence-corrected chi connectivity index (χ0v) is 13.8. The third-order valence-corrected chi connectivity index (χ3v) is 4.35. The molecule has 0 unspecified atom stereocenters. The summed E-state index contributed by atoms with van der Waals surface area (Å²) in [5, 5.41) is 0. The highest BCUT2D eigenvalue weighted by Gasteiger charge is 2.37. The SMILES string of the molecule is COc1cccc(C(=O)N(C)[C@H]2CCN(c3ccccc3)C2=O)c1. The number of benzene rings is 2. The van der Waals surface area contributed by atoms with Gasteiger partial charge in [-0.25, -0.2) is 0 Å². The van der Waals surface area contributed by atoms with Crippen LogP contribution in [0.2, 0.25) is 0 Å². The van der Waals surface area contributed by atoms with Gasteiger partial charge in [0.25, 0.3) is 5.91 Å². The van der Waals surface area contributed by atoms with Gasteiger partial charge in [-0.05, 0) is 36.8 Å². The lowest BCUT2D eigenvalue weighted by atomic mass is 10.1. The van der Waals surface area contributed by atoms with E-state index in [0.29, 0.717) is 24.3 Å². The van der Waals surface area contributed by atoms with Crippen LogP contribution in [0.25, 0.3) is 0 Å². The Hall–Kier alpha value is -2.82. The van der Waals surface area contributed by atoms with Crippen LogP contribution in [0, 0.1) is 0 Å². The fraction of sp³-hybridized carbons (Fsp3) is 0.263. The summed E-state index contributed by atoms with van der Waals surface area (Å²) in [6.07, 6.45) is 0.625. The molecule has 1 atom stereocenters. The van der Waals surface area contributed by atoms with Gasteiger partial charge in [0.2, 0.25) is 5.91 Å². The second-order valence-corrected chi connectivity index (χ2v) is 5.78. The molecule has 1 aliphatic heterocycles. The van der Waals surface area contributed by atoms with E-state index in [0.717, 1.165) is 5.69 Å². The van der Waals surface area contributed by atoms with Gasteiger partial charge in [-0.3, -0.25) is 9.59 Å². The van der Waals surface area contributed by atoms with E-state index >= 15 is 0 Å². The topological polar surface area (TPSA) is 49.9 Å². The molecule has 2 amide bonds. The fourth-order valence-corrected chi connectivity index (χ4v) is 2.99. The molecule has 124 valence electrons. The van der Waals surface area contributed by atoms with Crippen molar-refractivity contribution in [3.05, 3.63) is 60.2 Å². The zero-order chi connectivity index (χ0) is 17.1. The second-order valence-electron chi connectivity index (χ2n) is 5.78. The first-order valence-corrected chi connectivity index (χ1v) is 7.89. The van der Waals surface area contributed by atoms with Crippen molar-refractivity contribution in [2.75, 3.05) is 25.6 Å². The van der Waals surface area contributed by atoms with E-state index in [1.165, 1.54) is 4.90 Å². The number of ether oxygens (including phenoxy) is 1. The van der Waals surface area contributed by atoms with Gasteiger partial charge in [-0.15, -0.1) is 0 Å². The van der Waals surface area contributed by atoms with E-state index < -0.39 is 6.04 Å². The van der Waals surface area contributed by atoms with E-state index in [1.807, 2.05) is 30.3 Å². The minimum atomic E-state index is -0.441. The largest absolute Gasteiger partial charge is 0.497 e. The van der Waals surface area contributed by atoms with Crippen LogP contribution in [0.4, 0.5) is 5.69 Å². The number of para-hydroxylation sites is 1. The van der Waals surface area contributed by atoms with Crippen molar-refractivity contribution in [1.29, 1.82) is 0 Å². The van der Waals surface area contributed by atoms with Gasteiger partial charge >= 0.3 is 0 Å². The number of hydrogen-bond donors (Lipinski definition) is 0. The van der Waals surface area contributed by atoms with Crippen LogP contribution in [0.5, 0.6) is 5.75 Å². The lowest BCUT2D eigenvalue weighted by Crippen LogP contribution is -2.43. The molecule has 0 N–H and O–H groups in total. The van der Waals surface area contributed by atoms with E-state index in [4.69, 9.17) is 4.74 Å². The van der Waals surface area contributed by atoms with Crippen molar-refractivity contribution >= 4 is 17.5 Å². The first-order valence-electron chi connectivity index (χ1n) is 7.89. The standard InChI is InChI=1S/C19H20N2O3/c1-20(18(22)14-7-6-10-16(13-14)24-2)17-11-12-21(19(17)23)15-8-4-3-5-9-15/h3-10,13,17H,11-12H2,1-2H3/t17-/m0/s1. The molecule has 1 saturated heterocycles. The summed E-state index contributed by atoms with van der Waals surface area (Å²) in [5.41, 5.74) is 1.38. The fourth-order valence-electron chi connectivity index (χ4n) is 2.99. The molecule has 5 heteroatoms. The summed E-state index contributed by atoms with van der Waals surface area (Å²) >= 11 is 0. The summed E-state index contributed by atoms with van der Waals surface area (Å²) in [4.78, 5) is 28.7. The Labute approximate surface area is 141 Å². The van der Waals surface area contributed by atoms with E-state index in [1.54, 1.807) is 43.3 Å². The van der Waals surface area contributed by atoms with Crippen LogP contribution in [0.15, 0.2) is 54.6 Å². The molecule has 0 spiro atoms. The van der Waals surface area contributed by atoms with E-state index in [2.05, 4.69) is 0 Å². The van der Waals surface area contributed by atoms with Crippen molar-refractivity contribution in [1.82, 2.24) is 4.90 Å². The molecular weight excluding hydrogens is 304 g/mol. The highest BCUT2D eigenvalue weighted by molar-refractivity contribution is 6.03. The van der Waals surface area contributed by atoms with Crippen LogP contribution in [-0.2, 0) is 4.79 Å². The lowest BCUT2D eigenvalue weighted by Gasteiger charge is -2.24. The number of methoxy groups -OCH3 is 1. The number of nitrogens with zero attached hydrogens (tertiary/aromatic N) is 2. The number of anilines is 1. The van der Waals surface area contributed by atoms with E-state index in [9.17, 15) is 9.59 Å². The van der Waals surface area contributed by atoms with Crippen LogP contribution in [0.3, 0.4) is 0 Å². The maximum absolute atomic E-state index is 12.7. The molecule has 0 bridgehead atoms. The Morgan fingerprint density at radius 1 is 1.17 bits per heavy atom. The minimum absolute atomic E-state index is 0.0417. The Morgan fingerprint density at radius 3 is 2.62 bits per heavy atom. The lowest BCUT2D eigenvalue weighted by molar-refractivity contribution is -0.120. The smallest absolute Gasteiger partial charge is 0.254 e. The molecule has 3 rings (SSSR count). The number of carbonyl (C=O) groups excluding carboxylic acids is 2. The molecule has 2 aromatic carbocycles. The molecule has 5 nitrogen and oxygen atoms in total. The highest BCUT2D eigenvalue weighted by Crippen LogP contribution is 2.25. The van der Waals surface area contributed by atoms with Crippen molar-refractivity contribution in [3.8, 4) is 5.75 Å². The number of carbonyl (C=O) groups is 2. The predicted molar refractivity (Wildman–Crippen MR) is 92.3 cm³/mol. The summed E-state index contributed by atoms with van der Waals surface area (Å²) in [6, 6.07) is 16.1. The molecule has 1 fully saturated rings. The van der Waals surface area contributed by atoms with Gasteiger partial charge in [0.15, 0.2) is 0 Å². The Bertz CT molecular complexity index is 745. The van der Waals surface area contributed by atoms with Crippen molar-refractivity contribution < 1.29 is 14.3 Å². The zero-order valence-electron chi connectivity index (χ0n) is 13.8. The molecule has 2 aromatic rings. The van der Waals surface area contributed by atoms with Crippen molar-refractivity contribution in [2.45, 2.75) is 12.5 Å². The Morgan fingerprint density at radius 2 is 1.92 bits per heavy atom. The normalized spacial score (nSPS) is 17.0. The first kappa shape index (κ1) is 16.1. The number of amides is 2. The quantitative estimate of drug-likeness (QED) is 0.868. The average molecular weight is 324 g/mol. The number of hydrogen-bond acceptors (Lipinski definition) is 3. The molecule has 0 radical (unpaired) electrons. The third-order valence-electron chi connectivity index (χ3n) is 4.35. The number of likely N-dealkylation sites (N-methyl/N-ethyl adjacent to an activating group) is 1. The molecule has 1 heterocycles.